The first-order chi connectivity index (χ1) is 7.24. The normalized spacial score (nSPS) is 15.8. The van der Waals surface area contributed by atoms with E-state index >= 15 is 0 Å². The Hall–Kier alpha value is -0.710. The predicted molar refractivity (Wildman–Crippen MR) is 59.8 cm³/mol. The summed E-state index contributed by atoms with van der Waals surface area (Å²) in [5, 5.41) is 0. The highest BCUT2D eigenvalue weighted by Crippen LogP contribution is 2.10. The van der Waals surface area contributed by atoms with Crippen LogP contribution >= 0.6 is 11.8 Å². The minimum Gasteiger partial charge on any atom is -0.465 e. The Morgan fingerprint density at radius 3 is 3.00 bits per heavy atom. The molecule has 0 unspecified atom stereocenters. The van der Waals surface area contributed by atoms with Gasteiger partial charge in [-0.05, 0) is 13.3 Å². The lowest BCUT2D eigenvalue weighted by Gasteiger charge is -2.14. The molecule has 0 bridgehead atoms. The quantitative estimate of drug-likeness (QED) is 0.503. The second kappa shape index (κ2) is 6.71. The Labute approximate surface area is 94.3 Å². The largest absolute Gasteiger partial charge is 0.465 e. The monoisotopic (exact) mass is 231 g/mol. The molecule has 1 aliphatic heterocycles. The maximum absolute atomic E-state index is 11.2. The van der Waals surface area contributed by atoms with Crippen LogP contribution in [-0.2, 0) is 14.3 Å². The fourth-order valence-corrected chi connectivity index (χ4v) is 2.22. The molecule has 1 aliphatic rings. The second-order valence-corrected chi connectivity index (χ2v) is 4.45. The van der Waals surface area contributed by atoms with Crippen LogP contribution in [0.1, 0.15) is 19.8 Å². The lowest BCUT2D eigenvalue weighted by atomic mass is 10.4. The van der Waals surface area contributed by atoms with Crippen molar-refractivity contribution in [3.8, 4) is 0 Å². The van der Waals surface area contributed by atoms with Gasteiger partial charge in [-0.15, -0.1) is 11.8 Å². The van der Waals surface area contributed by atoms with Gasteiger partial charge in [-0.2, -0.15) is 0 Å². The first-order valence-electron chi connectivity index (χ1n) is 5.25. The topological polar surface area (TPSA) is 46.6 Å². The number of likely N-dealkylation sites (tertiary alicyclic amines) is 1. The molecule has 1 heterocycles. The smallest absolute Gasteiger partial charge is 0.315 e. The molecule has 0 N–H and O–H groups in total. The number of esters is 1. The minimum atomic E-state index is -0.171. The molecule has 0 atom stereocenters. The first kappa shape index (κ1) is 12.4. The van der Waals surface area contributed by atoms with Crippen LogP contribution in [0.5, 0.6) is 0 Å². The Morgan fingerprint density at radius 2 is 2.40 bits per heavy atom. The molecule has 0 aromatic rings. The lowest BCUT2D eigenvalue weighted by Crippen LogP contribution is -2.27. The number of thioether (sulfide) groups is 1. The molecule has 86 valence electrons. The summed E-state index contributed by atoms with van der Waals surface area (Å²) in [5.74, 6) is 1.27. The molecule has 0 aromatic carbocycles. The summed E-state index contributed by atoms with van der Waals surface area (Å²) >= 11 is 1.52. The SMILES string of the molecule is CCOC(=O)CSCCN1CCCC1=O. The van der Waals surface area contributed by atoms with E-state index in [4.69, 9.17) is 4.74 Å². The highest BCUT2D eigenvalue weighted by molar-refractivity contribution is 7.99. The van der Waals surface area contributed by atoms with Crippen molar-refractivity contribution in [2.75, 3.05) is 31.2 Å². The fraction of sp³-hybridized carbons (Fsp3) is 0.800. The van der Waals surface area contributed by atoms with E-state index in [2.05, 4.69) is 0 Å². The van der Waals surface area contributed by atoms with Crippen molar-refractivity contribution in [3.63, 3.8) is 0 Å². The van der Waals surface area contributed by atoms with Crippen molar-refractivity contribution in [1.82, 2.24) is 4.90 Å². The number of rotatable bonds is 6. The Kier molecular flexibility index (Phi) is 5.53. The van der Waals surface area contributed by atoms with Gasteiger partial charge in [-0.25, -0.2) is 0 Å². The van der Waals surface area contributed by atoms with E-state index in [1.807, 2.05) is 4.90 Å². The van der Waals surface area contributed by atoms with Crippen LogP contribution in [0.4, 0.5) is 0 Å². The molecule has 1 amide bonds. The van der Waals surface area contributed by atoms with E-state index in [0.717, 1.165) is 25.3 Å². The zero-order chi connectivity index (χ0) is 11.1. The van der Waals surface area contributed by atoms with Gasteiger partial charge in [-0.3, -0.25) is 9.59 Å². The molecule has 5 heteroatoms. The molecule has 1 rings (SSSR count). The first-order valence-corrected chi connectivity index (χ1v) is 6.40. The van der Waals surface area contributed by atoms with Crippen LogP contribution in [0.25, 0.3) is 0 Å². The van der Waals surface area contributed by atoms with E-state index < -0.39 is 0 Å². The van der Waals surface area contributed by atoms with Gasteiger partial charge in [0.15, 0.2) is 0 Å². The summed E-state index contributed by atoms with van der Waals surface area (Å²) in [6, 6.07) is 0. The van der Waals surface area contributed by atoms with Gasteiger partial charge < -0.3 is 9.64 Å². The molecule has 0 radical (unpaired) electrons. The number of carbonyl (C=O) groups is 2. The van der Waals surface area contributed by atoms with Gasteiger partial charge in [0.1, 0.15) is 0 Å². The van der Waals surface area contributed by atoms with Crippen molar-refractivity contribution in [3.05, 3.63) is 0 Å². The van der Waals surface area contributed by atoms with E-state index in [1.54, 1.807) is 6.92 Å². The molecule has 0 spiro atoms. The van der Waals surface area contributed by atoms with Gasteiger partial charge >= 0.3 is 5.97 Å². The van der Waals surface area contributed by atoms with Crippen molar-refractivity contribution in [2.24, 2.45) is 0 Å². The number of ether oxygens (including phenoxy) is 1. The summed E-state index contributed by atoms with van der Waals surface area (Å²) in [7, 11) is 0. The third-order valence-corrected chi connectivity index (χ3v) is 3.11. The zero-order valence-corrected chi connectivity index (χ0v) is 9.85. The lowest BCUT2D eigenvalue weighted by molar-refractivity contribution is -0.139. The number of hydrogen-bond donors (Lipinski definition) is 0. The summed E-state index contributed by atoms with van der Waals surface area (Å²) in [6.45, 7) is 3.86. The summed E-state index contributed by atoms with van der Waals surface area (Å²) in [5.41, 5.74) is 0. The summed E-state index contributed by atoms with van der Waals surface area (Å²) in [4.78, 5) is 24.1. The van der Waals surface area contributed by atoms with E-state index in [1.165, 1.54) is 11.8 Å². The standard InChI is InChI=1S/C10H17NO3S/c1-2-14-10(13)8-15-7-6-11-5-3-4-9(11)12/h2-8H2,1H3. The number of amides is 1. The van der Waals surface area contributed by atoms with Crippen LogP contribution < -0.4 is 0 Å². The molecule has 1 fully saturated rings. The molecule has 4 nitrogen and oxygen atoms in total. The van der Waals surface area contributed by atoms with E-state index in [0.29, 0.717) is 18.8 Å². The van der Waals surface area contributed by atoms with E-state index in [9.17, 15) is 9.59 Å². The molecular formula is C10H17NO3S. The fourth-order valence-electron chi connectivity index (χ4n) is 1.47. The highest BCUT2D eigenvalue weighted by Gasteiger charge is 2.19. The van der Waals surface area contributed by atoms with Crippen molar-refractivity contribution in [1.29, 1.82) is 0 Å². The van der Waals surface area contributed by atoms with Gasteiger partial charge in [-0.1, -0.05) is 0 Å². The Bertz CT molecular complexity index is 233. The van der Waals surface area contributed by atoms with E-state index in [-0.39, 0.29) is 11.9 Å². The third kappa shape index (κ3) is 4.55. The van der Waals surface area contributed by atoms with Gasteiger partial charge in [0, 0.05) is 25.3 Å². The van der Waals surface area contributed by atoms with Crippen LogP contribution in [0.3, 0.4) is 0 Å². The van der Waals surface area contributed by atoms with Crippen molar-refractivity contribution in [2.45, 2.75) is 19.8 Å². The maximum atomic E-state index is 11.2. The molecular weight excluding hydrogens is 214 g/mol. The number of carbonyl (C=O) groups excluding carboxylic acids is 2. The minimum absolute atomic E-state index is 0.171. The van der Waals surface area contributed by atoms with Crippen LogP contribution in [0, 0.1) is 0 Å². The van der Waals surface area contributed by atoms with Crippen molar-refractivity contribution < 1.29 is 14.3 Å². The van der Waals surface area contributed by atoms with Gasteiger partial charge in [0.2, 0.25) is 5.91 Å². The Morgan fingerprint density at radius 1 is 1.60 bits per heavy atom. The molecule has 0 aromatic heterocycles. The Balaban J connectivity index is 2.01. The summed E-state index contributed by atoms with van der Waals surface area (Å²) in [6.07, 6.45) is 1.66. The highest BCUT2D eigenvalue weighted by atomic mass is 32.2. The third-order valence-electron chi connectivity index (χ3n) is 2.20. The average Bonchev–Trinajstić information content (AvgIpc) is 2.60. The van der Waals surface area contributed by atoms with Crippen LogP contribution in [0.2, 0.25) is 0 Å². The number of hydrogen-bond acceptors (Lipinski definition) is 4. The van der Waals surface area contributed by atoms with Crippen molar-refractivity contribution >= 4 is 23.6 Å². The molecule has 0 saturated carbocycles. The molecule has 1 saturated heterocycles. The maximum Gasteiger partial charge on any atom is 0.315 e. The van der Waals surface area contributed by atoms with Gasteiger partial charge in [0.05, 0.1) is 12.4 Å². The van der Waals surface area contributed by atoms with Gasteiger partial charge in [0.25, 0.3) is 0 Å². The second-order valence-electron chi connectivity index (χ2n) is 3.34. The average molecular weight is 231 g/mol. The predicted octanol–water partition coefficient (Wildman–Crippen LogP) is 0.905. The zero-order valence-electron chi connectivity index (χ0n) is 9.03. The number of nitrogens with zero attached hydrogens (tertiary/aromatic N) is 1. The van der Waals surface area contributed by atoms with Crippen LogP contribution in [0.15, 0.2) is 0 Å². The van der Waals surface area contributed by atoms with Crippen LogP contribution in [-0.4, -0.2) is 48.0 Å². The molecule has 15 heavy (non-hydrogen) atoms. The summed E-state index contributed by atoms with van der Waals surface area (Å²) < 4.78 is 4.79. The molecule has 0 aliphatic carbocycles.